The van der Waals surface area contributed by atoms with Crippen LogP contribution in [-0.4, -0.2) is 29.9 Å². The second-order valence-corrected chi connectivity index (χ2v) is 7.01. The molecule has 0 aliphatic carbocycles. The van der Waals surface area contributed by atoms with Crippen LogP contribution in [0, 0.1) is 0 Å². The number of halogens is 1. The largest absolute Gasteiger partial charge is 0.349 e. The van der Waals surface area contributed by atoms with Gasteiger partial charge in [-0.1, -0.05) is 29.8 Å². The summed E-state index contributed by atoms with van der Waals surface area (Å²) in [5, 5.41) is 5.85. The molecule has 0 radical (unpaired) electrons. The molecule has 5 heteroatoms. The Kier molecular flexibility index (Phi) is 5.13. The topological polar surface area (TPSA) is 32.3 Å². The van der Waals surface area contributed by atoms with Crippen LogP contribution in [0.2, 0.25) is 5.02 Å². The number of thiophene rings is 1. The molecule has 0 unspecified atom stereocenters. The van der Waals surface area contributed by atoms with Crippen LogP contribution in [0.15, 0.2) is 41.8 Å². The number of likely N-dealkylation sites (tertiary alicyclic amines) is 1. The number of benzene rings is 1. The van der Waals surface area contributed by atoms with Crippen LogP contribution in [0.1, 0.15) is 28.1 Å². The molecule has 1 aliphatic rings. The van der Waals surface area contributed by atoms with Crippen molar-refractivity contribution in [3.8, 4) is 0 Å². The third-order valence-electron chi connectivity index (χ3n) is 3.99. The molecule has 1 amide bonds. The van der Waals surface area contributed by atoms with E-state index in [4.69, 9.17) is 11.6 Å². The summed E-state index contributed by atoms with van der Waals surface area (Å²) >= 11 is 7.40. The first-order chi connectivity index (χ1) is 10.7. The third-order valence-corrected chi connectivity index (χ3v) is 5.11. The minimum absolute atomic E-state index is 0.0613. The number of piperidine rings is 1. The van der Waals surface area contributed by atoms with E-state index in [1.165, 1.54) is 16.9 Å². The van der Waals surface area contributed by atoms with Crippen molar-refractivity contribution in [2.24, 2.45) is 0 Å². The van der Waals surface area contributed by atoms with Gasteiger partial charge in [-0.15, -0.1) is 11.3 Å². The van der Waals surface area contributed by atoms with Crippen molar-refractivity contribution in [3.05, 3.63) is 57.2 Å². The van der Waals surface area contributed by atoms with Crippen molar-refractivity contribution in [2.45, 2.75) is 25.4 Å². The van der Waals surface area contributed by atoms with Gasteiger partial charge in [-0.25, -0.2) is 0 Å². The lowest BCUT2D eigenvalue weighted by Crippen LogP contribution is -2.44. The van der Waals surface area contributed by atoms with Crippen LogP contribution in [-0.2, 0) is 6.54 Å². The number of hydrogen-bond donors (Lipinski definition) is 1. The number of hydrogen-bond acceptors (Lipinski definition) is 3. The lowest BCUT2D eigenvalue weighted by molar-refractivity contribution is 0.0913. The fraction of sp³-hybridized carbons (Fsp3) is 0.353. The van der Waals surface area contributed by atoms with Gasteiger partial charge in [0.25, 0.3) is 5.91 Å². The zero-order valence-electron chi connectivity index (χ0n) is 12.3. The van der Waals surface area contributed by atoms with Crippen LogP contribution in [0.4, 0.5) is 0 Å². The van der Waals surface area contributed by atoms with Gasteiger partial charge < -0.3 is 5.32 Å². The first kappa shape index (κ1) is 15.5. The highest BCUT2D eigenvalue weighted by molar-refractivity contribution is 7.12. The Morgan fingerprint density at radius 3 is 2.59 bits per heavy atom. The lowest BCUT2D eigenvalue weighted by Gasteiger charge is -2.32. The number of amides is 1. The summed E-state index contributed by atoms with van der Waals surface area (Å²) < 4.78 is 0. The Bertz CT molecular complexity index is 604. The average Bonchev–Trinajstić information content (AvgIpc) is 3.06. The number of nitrogens with one attached hydrogen (secondary N) is 1. The van der Waals surface area contributed by atoms with E-state index in [1.54, 1.807) is 0 Å². The molecule has 1 saturated heterocycles. The molecule has 0 spiro atoms. The van der Waals surface area contributed by atoms with E-state index in [0.717, 1.165) is 42.4 Å². The Balaban J connectivity index is 1.46. The molecule has 116 valence electrons. The van der Waals surface area contributed by atoms with E-state index in [0.29, 0.717) is 0 Å². The number of nitrogens with zero attached hydrogens (tertiary/aromatic N) is 1. The summed E-state index contributed by atoms with van der Waals surface area (Å²) in [5.74, 6) is 0.0613. The maximum Gasteiger partial charge on any atom is 0.261 e. The quantitative estimate of drug-likeness (QED) is 0.922. The Morgan fingerprint density at radius 1 is 1.23 bits per heavy atom. The second-order valence-electron chi connectivity index (χ2n) is 5.63. The molecule has 0 saturated carbocycles. The summed E-state index contributed by atoms with van der Waals surface area (Å²) in [4.78, 5) is 15.3. The Morgan fingerprint density at radius 2 is 1.95 bits per heavy atom. The van der Waals surface area contributed by atoms with Crippen molar-refractivity contribution in [1.29, 1.82) is 0 Å². The van der Waals surface area contributed by atoms with Crippen LogP contribution in [0.3, 0.4) is 0 Å². The Labute approximate surface area is 139 Å². The molecule has 3 rings (SSSR count). The van der Waals surface area contributed by atoms with Gasteiger partial charge in [-0.3, -0.25) is 9.69 Å². The average molecular weight is 335 g/mol. The van der Waals surface area contributed by atoms with Gasteiger partial charge in [0.15, 0.2) is 0 Å². The molecule has 1 fully saturated rings. The summed E-state index contributed by atoms with van der Waals surface area (Å²) in [7, 11) is 0. The van der Waals surface area contributed by atoms with Crippen molar-refractivity contribution < 1.29 is 4.79 Å². The van der Waals surface area contributed by atoms with Crippen LogP contribution >= 0.6 is 22.9 Å². The maximum absolute atomic E-state index is 12.1. The third kappa shape index (κ3) is 4.09. The van der Waals surface area contributed by atoms with Crippen molar-refractivity contribution in [3.63, 3.8) is 0 Å². The molecule has 1 N–H and O–H groups in total. The van der Waals surface area contributed by atoms with Gasteiger partial charge in [0, 0.05) is 30.7 Å². The van der Waals surface area contributed by atoms with E-state index in [2.05, 4.69) is 22.3 Å². The van der Waals surface area contributed by atoms with E-state index in [9.17, 15) is 4.79 Å². The maximum atomic E-state index is 12.1. The lowest BCUT2D eigenvalue weighted by atomic mass is 10.0. The summed E-state index contributed by atoms with van der Waals surface area (Å²) in [5.41, 5.74) is 1.28. The van der Waals surface area contributed by atoms with E-state index < -0.39 is 0 Å². The van der Waals surface area contributed by atoms with E-state index in [1.807, 2.05) is 29.6 Å². The smallest absolute Gasteiger partial charge is 0.261 e. The highest BCUT2D eigenvalue weighted by Gasteiger charge is 2.21. The van der Waals surface area contributed by atoms with Gasteiger partial charge in [0.05, 0.1) is 4.88 Å². The molecular weight excluding hydrogens is 316 g/mol. The molecule has 0 bridgehead atoms. The minimum atomic E-state index is 0.0613. The van der Waals surface area contributed by atoms with Crippen LogP contribution in [0.25, 0.3) is 0 Å². The first-order valence-corrected chi connectivity index (χ1v) is 8.77. The van der Waals surface area contributed by atoms with Gasteiger partial charge in [-0.05, 0) is 42.0 Å². The highest BCUT2D eigenvalue weighted by Crippen LogP contribution is 2.17. The molecular formula is C17H19ClN2OS. The van der Waals surface area contributed by atoms with Crippen LogP contribution in [0.5, 0.6) is 0 Å². The molecule has 1 aromatic heterocycles. The predicted octanol–water partition coefficient (Wildman–Crippen LogP) is 3.80. The second kappa shape index (κ2) is 7.27. The fourth-order valence-corrected chi connectivity index (χ4v) is 3.50. The minimum Gasteiger partial charge on any atom is -0.349 e. The van der Waals surface area contributed by atoms with Gasteiger partial charge >= 0.3 is 0 Å². The van der Waals surface area contributed by atoms with Gasteiger partial charge in [0.2, 0.25) is 0 Å². The monoisotopic (exact) mass is 334 g/mol. The molecule has 3 nitrogen and oxygen atoms in total. The summed E-state index contributed by atoms with van der Waals surface area (Å²) in [6, 6.07) is 12.1. The molecule has 1 aliphatic heterocycles. The number of carbonyl (C=O) groups excluding carboxylic acids is 1. The molecule has 2 aromatic rings. The first-order valence-electron chi connectivity index (χ1n) is 7.52. The molecule has 22 heavy (non-hydrogen) atoms. The molecule has 1 aromatic carbocycles. The highest BCUT2D eigenvalue weighted by atomic mass is 35.5. The predicted molar refractivity (Wildman–Crippen MR) is 91.5 cm³/mol. The fourth-order valence-electron chi connectivity index (χ4n) is 2.75. The zero-order chi connectivity index (χ0) is 15.4. The summed E-state index contributed by atoms with van der Waals surface area (Å²) in [6.45, 7) is 2.97. The number of rotatable bonds is 4. The standard InChI is InChI=1S/C17H19ClN2OS/c18-14-5-3-13(4-6-14)12-20-9-7-15(8-10-20)19-17(21)16-2-1-11-22-16/h1-6,11,15H,7-10,12H2,(H,19,21). The Hall–Kier alpha value is -1.36. The zero-order valence-corrected chi connectivity index (χ0v) is 13.9. The van der Waals surface area contributed by atoms with Crippen molar-refractivity contribution >= 4 is 28.8 Å². The van der Waals surface area contributed by atoms with Crippen molar-refractivity contribution in [2.75, 3.05) is 13.1 Å². The van der Waals surface area contributed by atoms with E-state index in [-0.39, 0.29) is 11.9 Å². The van der Waals surface area contributed by atoms with Gasteiger partial charge in [-0.2, -0.15) is 0 Å². The normalized spacial score (nSPS) is 16.6. The summed E-state index contributed by atoms with van der Waals surface area (Å²) in [6.07, 6.45) is 2.01. The SMILES string of the molecule is O=C(NC1CCN(Cc2ccc(Cl)cc2)CC1)c1cccs1. The van der Waals surface area contributed by atoms with Gasteiger partial charge in [0.1, 0.15) is 0 Å². The number of carbonyl (C=O) groups is 1. The van der Waals surface area contributed by atoms with Crippen molar-refractivity contribution in [1.82, 2.24) is 10.2 Å². The molecule has 0 atom stereocenters. The van der Waals surface area contributed by atoms with Crippen LogP contribution < -0.4 is 5.32 Å². The molecule has 2 heterocycles. The van der Waals surface area contributed by atoms with E-state index >= 15 is 0 Å².